The average Bonchev–Trinajstić information content (AvgIpc) is 2.04. The Labute approximate surface area is 76.6 Å². The summed E-state index contributed by atoms with van der Waals surface area (Å²) in [6.07, 6.45) is 4.51. The molecule has 1 fully saturated rings. The third-order valence-corrected chi connectivity index (χ3v) is 2.38. The topological polar surface area (TPSA) is 23.5 Å². The Bertz CT molecular complexity index is 95.3. The molecule has 0 atom stereocenters. The molecule has 0 aliphatic carbocycles. The zero-order chi connectivity index (χ0) is 8.10. The minimum absolute atomic E-state index is 0. The second kappa shape index (κ2) is 6.44. The van der Waals surface area contributed by atoms with Gasteiger partial charge in [0.25, 0.3) is 0 Å². The molecule has 1 aliphatic heterocycles. The lowest BCUT2D eigenvalue weighted by molar-refractivity contribution is 0.0820. The fourth-order valence-corrected chi connectivity index (χ4v) is 1.52. The highest BCUT2D eigenvalue weighted by atomic mass is 16.3. The van der Waals surface area contributed by atoms with Crippen molar-refractivity contribution in [1.82, 2.24) is 4.90 Å². The van der Waals surface area contributed by atoms with Crippen LogP contribution in [0.15, 0.2) is 0 Å². The van der Waals surface area contributed by atoms with Crippen molar-refractivity contribution in [3.8, 4) is 0 Å². The van der Waals surface area contributed by atoms with Crippen LogP contribution in [0.2, 0.25) is 0 Å². The third kappa shape index (κ3) is 4.07. The Kier molecular flexibility index (Phi) is 6.39. The van der Waals surface area contributed by atoms with Gasteiger partial charge < -0.3 is 10.0 Å². The highest BCUT2D eigenvalue weighted by molar-refractivity contribution is 4.70. The second-order valence-electron chi connectivity index (χ2n) is 3.43. The van der Waals surface area contributed by atoms with E-state index in [1.54, 1.807) is 0 Å². The largest absolute Gasteiger partial charge is 0.393 e. The lowest BCUT2D eigenvalue weighted by Crippen LogP contribution is -2.36. The molecule has 0 bridgehead atoms. The van der Waals surface area contributed by atoms with Crippen LogP contribution in [0.3, 0.4) is 0 Å². The molecule has 0 saturated carbocycles. The number of rotatable bonds is 3. The number of unbranched alkanes of at least 4 members (excludes halogenated alkanes) is 1. The summed E-state index contributed by atoms with van der Waals surface area (Å²) in [6, 6.07) is 0. The van der Waals surface area contributed by atoms with Crippen LogP contribution < -0.4 is 0 Å². The van der Waals surface area contributed by atoms with Crippen LogP contribution in [0.5, 0.6) is 0 Å². The normalized spacial score (nSPS) is 20.5. The van der Waals surface area contributed by atoms with Crippen molar-refractivity contribution in [2.75, 3.05) is 19.6 Å². The van der Waals surface area contributed by atoms with E-state index in [2.05, 4.69) is 11.8 Å². The monoisotopic (exact) mass is 173 g/mol. The molecule has 2 heteroatoms. The molecular formula is C10H23NO. The van der Waals surface area contributed by atoms with Crippen LogP contribution in [0.4, 0.5) is 0 Å². The smallest absolute Gasteiger partial charge is 0.0564 e. The predicted octanol–water partition coefficient (Wildman–Crippen LogP) is 1.88. The van der Waals surface area contributed by atoms with Crippen molar-refractivity contribution in [2.24, 2.45) is 0 Å². The average molecular weight is 173 g/mol. The molecule has 0 aromatic rings. The molecule has 1 aliphatic rings. The highest BCUT2D eigenvalue weighted by Gasteiger charge is 2.15. The van der Waals surface area contributed by atoms with Crippen molar-refractivity contribution in [3.05, 3.63) is 0 Å². The molecule has 0 spiro atoms. The number of hydrogen-bond acceptors (Lipinski definition) is 2. The molecule has 0 aromatic carbocycles. The standard InChI is InChI=1S/C9H19NO.CH4/c1-2-3-6-10-7-4-9(11)5-8-10;/h9,11H,2-8H2,1H3;1H4. The molecule has 1 saturated heterocycles. The predicted molar refractivity (Wildman–Crippen MR) is 53.3 cm³/mol. The van der Waals surface area contributed by atoms with Crippen molar-refractivity contribution in [1.29, 1.82) is 0 Å². The Balaban J connectivity index is 0.00000121. The molecule has 2 nitrogen and oxygen atoms in total. The zero-order valence-electron chi connectivity index (χ0n) is 7.42. The van der Waals surface area contributed by atoms with E-state index in [9.17, 15) is 5.11 Å². The van der Waals surface area contributed by atoms with Gasteiger partial charge in [-0.15, -0.1) is 0 Å². The van der Waals surface area contributed by atoms with Gasteiger partial charge in [-0.2, -0.15) is 0 Å². The number of nitrogens with zero attached hydrogens (tertiary/aromatic N) is 1. The summed E-state index contributed by atoms with van der Waals surface area (Å²) in [6.45, 7) is 5.64. The van der Waals surface area contributed by atoms with Gasteiger partial charge in [0.2, 0.25) is 0 Å². The van der Waals surface area contributed by atoms with Crippen molar-refractivity contribution < 1.29 is 5.11 Å². The number of aliphatic hydroxyl groups is 1. The van der Waals surface area contributed by atoms with Crippen LogP contribution in [-0.4, -0.2) is 35.7 Å². The minimum atomic E-state index is -0.0205. The highest BCUT2D eigenvalue weighted by Crippen LogP contribution is 2.10. The summed E-state index contributed by atoms with van der Waals surface area (Å²) in [5.74, 6) is 0. The Morgan fingerprint density at radius 2 is 1.92 bits per heavy atom. The Morgan fingerprint density at radius 3 is 2.42 bits per heavy atom. The van der Waals surface area contributed by atoms with Crippen molar-refractivity contribution in [2.45, 2.75) is 46.1 Å². The Hall–Kier alpha value is -0.0800. The molecule has 1 rings (SSSR count). The molecule has 0 radical (unpaired) electrons. The van der Waals surface area contributed by atoms with Crippen LogP contribution in [0, 0.1) is 0 Å². The molecule has 1 heterocycles. The molecule has 0 unspecified atom stereocenters. The van der Waals surface area contributed by atoms with Gasteiger partial charge in [0.05, 0.1) is 6.10 Å². The van der Waals surface area contributed by atoms with Gasteiger partial charge in [-0.1, -0.05) is 20.8 Å². The summed E-state index contributed by atoms with van der Waals surface area (Å²) in [5, 5.41) is 9.23. The Morgan fingerprint density at radius 1 is 1.33 bits per heavy atom. The maximum absolute atomic E-state index is 9.23. The van der Waals surface area contributed by atoms with E-state index in [1.165, 1.54) is 19.4 Å². The first-order chi connectivity index (χ1) is 5.33. The number of aliphatic hydroxyl groups excluding tert-OH is 1. The lowest BCUT2D eigenvalue weighted by Gasteiger charge is -2.29. The third-order valence-electron chi connectivity index (χ3n) is 2.38. The van der Waals surface area contributed by atoms with Crippen LogP contribution in [-0.2, 0) is 0 Å². The summed E-state index contributed by atoms with van der Waals surface area (Å²) >= 11 is 0. The van der Waals surface area contributed by atoms with Crippen LogP contribution in [0.25, 0.3) is 0 Å². The van der Waals surface area contributed by atoms with E-state index in [0.29, 0.717) is 0 Å². The van der Waals surface area contributed by atoms with Gasteiger partial charge in [0.1, 0.15) is 0 Å². The minimum Gasteiger partial charge on any atom is -0.393 e. The van der Waals surface area contributed by atoms with E-state index in [0.717, 1.165) is 25.9 Å². The van der Waals surface area contributed by atoms with Gasteiger partial charge in [-0.05, 0) is 25.8 Å². The maximum Gasteiger partial charge on any atom is 0.0564 e. The number of likely N-dealkylation sites (tertiary alicyclic amines) is 1. The molecule has 1 N–H and O–H groups in total. The fourth-order valence-electron chi connectivity index (χ4n) is 1.52. The van der Waals surface area contributed by atoms with Gasteiger partial charge in [-0.25, -0.2) is 0 Å². The number of piperidine rings is 1. The van der Waals surface area contributed by atoms with Crippen molar-refractivity contribution >= 4 is 0 Å². The molecule has 12 heavy (non-hydrogen) atoms. The molecule has 0 aromatic heterocycles. The summed E-state index contributed by atoms with van der Waals surface area (Å²) < 4.78 is 0. The van der Waals surface area contributed by atoms with Crippen LogP contribution in [0.1, 0.15) is 40.0 Å². The van der Waals surface area contributed by atoms with Crippen LogP contribution >= 0.6 is 0 Å². The van der Waals surface area contributed by atoms with E-state index in [1.807, 2.05) is 0 Å². The first kappa shape index (κ1) is 11.9. The van der Waals surface area contributed by atoms with E-state index in [-0.39, 0.29) is 13.5 Å². The molecule has 0 amide bonds. The fraction of sp³-hybridized carbons (Fsp3) is 1.00. The molecular weight excluding hydrogens is 150 g/mol. The van der Waals surface area contributed by atoms with Gasteiger partial charge in [-0.3, -0.25) is 0 Å². The van der Waals surface area contributed by atoms with E-state index >= 15 is 0 Å². The van der Waals surface area contributed by atoms with Gasteiger partial charge in [0, 0.05) is 13.1 Å². The van der Waals surface area contributed by atoms with E-state index in [4.69, 9.17) is 0 Å². The van der Waals surface area contributed by atoms with Crippen molar-refractivity contribution in [3.63, 3.8) is 0 Å². The molecule has 74 valence electrons. The first-order valence-electron chi connectivity index (χ1n) is 4.73. The first-order valence-corrected chi connectivity index (χ1v) is 4.73. The quantitative estimate of drug-likeness (QED) is 0.704. The SMILES string of the molecule is C.CCCCN1CCC(O)CC1. The van der Waals surface area contributed by atoms with Gasteiger partial charge in [0.15, 0.2) is 0 Å². The zero-order valence-corrected chi connectivity index (χ0v) is 7.42. The van der Waals surface area contributed by atoms with Gasteiger partial charge >= 0.3 is 0 Å². The van der Waals surface area contributed by atoms with E-state index < -0.39 is 0 Å². The lowest BCUT2D eigenvalue weighted by atomic mass is 10.1. The number of hydrogen-bond donors (Lipinski definition) is 1. The second-order valence-corrected chi connectivity index (χ2v) is 3.43. The summed E-state index contributed by atoms with van der Waals surface area (Å²) in [4.78, 5) is 2.45. The summed E-state index contributed by atoms with van der Waals surface area (Å²) in [5.41, 5.74) is 0. The maximum atomic E-state index is 9.23. The summed E-state index contributed by atoms with van der Waals surface area (Å²) in [7, 11) is 0.